The van der Waals surface area contributed by atoms with Crippen LogP contribution in [0.1, 0.15) is 84.6 Å². The molecule has 0 saturated carbocycles. The van der Waals surface area contributed by atoms with E-state index < -0.39 is 0 Å². The number of hydrogen-bond acceptors (Lipinski definition) is 4. The summed E-state index contributed by atoms with van der Waals surface area (Å²) in [5, 5.41) is 12.5. The molecule has 0 unspecified atom stereocenters. The van der Waals surface area contributed by atoms with Crippen LogP contribution in [0.2, 0.25) is 0 Å². The van der Waals surface area contributed by atoms with Crippen molar-refractivity contribution in [2.45, 2.75) is 85.5 Å². The lowest BCUT2D eigenvalue weighted by atomic mass is 9.86. The number of aryl methyl sites for hydroxylation is 1. The molecule has 0 fully saturated rings. The van der Waals surface area contributed by atoms with E-state index in [1.807, 2.05) is 0 Å². The molecule has 0 aliphatic carbocycles. The Bertz CT molecular complexity index is 3250. The van der Waals surface area contributed by atoms with Crippen molar-refractivity contribution in [1.82, 2.24) is 0 Å². The number of nitrogens with zero attached hydrogens (tertiary/aromatic N) is 1. The zero-order valence-corrected chi connectivity index (χ0v) is 37.0. The van der Waals surface area contributed by atoms with Crippen LogP contribution in [-0.2, 0) is 16.2 Å². The van der Waals surface area contributed by atoms with Gasteiger partial charge in [0.2, 0.25) is 0 Å². The lowest BCUT2D eigenvalue weighted by Gasteiger charge is -2.28. The van der Waals surface area contributed by atoms with E-state index in [1.165, 1.54) is 22.1 Å². The van der Waals surface area contributed by atoms with Gasteiger partial charge in [0.25, 0.3) is 0 Å². The van der Waals surface area contributed by atoms with E-state index in [4.69, 9.17) is 8.83 Å². The van der Waals surface area contributed by atoms with Crippen molar-refractivity contribution in [1.29, 1.82) is 0 Å². The minimum atomic E-state index is 0.0706. The van der Waals surface area contributed by atoms with E-state index in [0.717, 1.165) is 94.0 Å². The number of rotatable bonds is 5. The Hall–Kier alpha value is -6.52. The first kappa shape index (κ1) is 38.7. The Kier molecular flexibility index (Phi) is 8.72. The summed E-state index contributed by atoms with van der Waals surface area (Å²) in [6.45, 7) is 22.4. The summed E-state index contributed by atoms with van der Waals surface area (Å²) < 4.78 is 13.6. The van der Waals surface area contributed by atoms with Crippen LogP contribution in [0.4, 0.5) is 28.4 Å². The molecule has 1 N–H and O–H groups in total. The van der Waals surface area contributed by atoms with Crippen LogP contribution < -0.4 is 10.2 Å². The SMILES string of the molecule is Cc1cc2c3cc4ccc(N(c5ccc(C(C)(C)C)cc5)c5ccc(C(C)(C)C)cc5)cc4cc3oc2c2c1oc1cc3cc(Nc4ccc(C(C)(C)C)cc4)ccc3cc12. The molecule has 0 bridgehead atoms. The smallest absolute Gasteiger partial charge is 0.147 e. The highest BCUT2D eigenvalue weighted by atomic mass is 16.3. The molecule has 4 heteroatoms. The molecule has 4 nitrogen and oxygen atoms in total. The van der Waals surface area contributed by atoms with Gasteiger partial charge in [-0.15, -0.1) is 0 Å². The third-order valence-corrected chi connectivity index (χ3v) is 12.5. The second-order valence-corrected chi connectivity index (χ2v) is 20.2. The first-order valence-corrected chi connectivity index (χ1v) is 21.6. The van der Waals surface area contributed by atoms with E-state index in [-0.39, 0.29) is 16.2 Å². The molecule has 2 heterocycles. The van der Waals surface area contributed by atoms with Gasteiger partial charge in [-0.1, -0.05) is 111 Å². The molecule has 0 aliphatic rings. The summed E-state index contributed by atoms with van der Waals surface area (Å²) >= 11 is 0. The van der Waals surface area contributed by atoms with Crippen LogP contribution in [0.25, 0.3) is 65.4 Å². The van der Waals surface area contributed by atoms with Gasteiger partial charge in [0, 0.05) is 44.6 Å². The van der Waals surface area contributed by atoms with Crippen molar-refractivity contribution in [3.8, 4) is 0 Å². The standard InChI is InChI=1S/C57H54N2O2/c1-34-27-48-47-30-36-12-22-46(59(44-23-15-40(16-24-44)56(5,6)7)45-25-17-41(18-26-45)57(8,9)10)29-38(36)33-50(47)61-54(48)52-49-31-35-11-19-43(28-37(35)32-51(49)60-53(34)52)58-42-20-13-39(14-21-42)55(2,3)4/h11-33,58H,1-10H3. The van der Waals surface area contributed by atoms with Gasteiger partial charge >= 0.3 is 0 Å². The number of anilines is 5. The number of nitrogens with one attached hydrogen (secondary N) is 1. The fourth-order valence-electron chi connectivity index (χ4n) is 8.91. The van der Waals surface area contributed by atoms with Gasteiger partial charge in [0.1, 0.15) is 22.3 Å². The van der Waals surface area contributed by atoms with Crippen LogP contribution in [-0.4, -0.2) is 0 Å². The fraction of sp³-hybridized carbons (Fsp3) is 0.228. The molecule has 10 rings (SSSR count). The maximum absolute atomic E-state index is 6.90. The summed E-state index contributed by atoms with van der Waals surface area (Å²) in [5.41, 5.74) is 14.2. The topological polar surface area (TPSA) is 41.6 Å². The molecule has 0 aliphatic heterocycles. The van der Waals surface area contributed by atoms with E-state index in [0.29, 0.717) is 0 Å². The lowest BCUT2D eigenvalue weighted by Crippen LogP contribution is -2.14. The van der Waals surface area contributed by atoms with Crippen molar-refractivity contribution < 1.29 is 8.83 Å². The largest absolute Gasteiger partial charge is 0.456 e. The number of fused-ring (bicyclic) bond motifs is 9. The summed E-state index contributed by atoms with van der Waals surface area (Å²) in [6, 6.07) is 51.2. The lowest BCUT2D eigenvalue weighted by molar-refractivity contribution is 0.590. The quantitative estimate of drug-likeness (QED) is 0.188. The maximum atomic E-state index is 6.90. The average molecular weight is 799 g/mol. The van der Waals surface area contributed by atoms with Crippen molar-refractivity contribution in [3.05, 3.63) is 162 Å². The molecule has 0 amide bonds. The summed E-state index contributed by atoms with van der Waals surface area (Å²) in [5.74, 6) is 0. The van der Waals surface area contributed by atoms with Crippen LogP contribution in [0.15, 0.2) is 148 Å². The summed E-state index contributed by atoms with van der Waals surface area (Å²) in [7, 11) is 0. The number of furan rings is 2. The minimum absolute atomic E-state index is 0.0706. The van der Waals surface area contributed by atoms with Crippen molar-refractivity contribution in [2.24, 2.45) is 0 Å². The van der Waals surface area contributed by atoms with Gasteiger partial charge in [-0.05, 0) is 158 Å². The number of benzene rings is 8. The molecular formula is C57H54N2O2. The average Bonchev–Trinajstić information content (AvgIpc) is 3.76. The Labute approximate surface area is 358 Å². The molecule has 0 spiro atoms. The molecule has 10 aromatic rings. The van der Waals surface area contributed by atoms with E-state index >= 15 is 0 Å². The molecule has 304 valence electrons. The fourth-order valence-corrected chi connectivity index (χ4v) is 8.91. The van der Waals surface area contributed by atoms with Gasteiger partial charge in [-0.3, -0.25) is 0 Å². The van der Waals surface area contributed by atoms with Gasteiger partial charge in [0.15, 0.2) is 0 Å². The minimum Gasteiger partial charge on any atom is -0.456 e. The Morgan fingerprint density at radius 2 is 0.852 bits per heavy atom. The molecule has 0 saturated heterocycles. The Balaban J connectivity index is 1.06. The van der Waals surface area contributed by atoms with Crippen LogP contribution in [0.5, 0.6) is 0 Å². The highest BCUT2D eigenvalue weighted by Gasteiger charge is 2.22. The zero-order valence-electron chi connectivity index (χ0n) is 37.0. The van der Waals surface area contributed by atoms with Gasteiger partial charge in [-0.25, -0.2) is 0 Å². The van der Waals surface area contributed by atoms with E-state index in [2.05, 4.69) is 219 Å². The number of hydrogen-bond donors (Lipinski definition) is 1. The van der Waals surface area contributed by atoms with Crippen molar-refractivity contribution in [3.63, 3.8) is 0 Å². The molecule has 0 atom stereocenters. The third-order valence-electron chi connectivity index (χ3n) is 12.5. The third kappa shape index (κ3) is 6.88. The van der Waals surface area contributed by atoms with Crippen molar-refractivity contribution in [2.75, 3.05) is 10.2 Å². The first-order valence-electron chi connectivity index (χ1n) is 21.6. The van der Waals surface area contributed by atoms with E-state index in [9.17, 15) is 0 Å². The predicted octanol–water partition coefficient (Wildman–Crippen LogP) is 17.2. The molecule has 0 radical (unpaired) electrons. The Morgan fingerprint density at radius 1 is 0.393 bits per heavy atom. The zero-order chi connectivity index (χ0) is 42.6. The molecule has 61 heavy (non-hydrogen) atoms. The van der Waals surface area contributed by atoms with E-state index in [1.54, 1.807) is 0 Å². The molecule has 2 aromatic heterocycles. The monoisotopic (exact) mass is 798 g/mol. The van der Waals surface area contributed by atoms with Crippen molar-refractivity contribution >= 4 is 93.9 Å². The normalized spacial score (nSPS) is 12.8. The second kappa shape index (κ2) is 13.8. The maximum Gasteiger partial charge on any atom is 0.147 e. The second-order valence-electron chi connectivity index (χ2n) is 20.2. The highest BCUT2D eigenvalue weighted by Crippen LogP contribution is 2.44. The predicted molar refractivity (Wildman–Crippen MR) is 261 cm³/mol. The molecule has 8 aromatic carbocycles. The van der Waals surface area contributed by atoms with Crippen LogP contribution in [0.3, 0.4) is 0 Å². The molecular weight excluding hydrogens is 745 g/mol. The highest BCUT2D eigenvalue weighted by molar-refractivity contribution is 6.25. The first-order chi connectivity index (χ1) is 29.0. The van der Waals surface area contributed by atoms with Crippen LogP contribution >= 0.6 is 0 Å². The summed E-state index contributed by atoms with van der Waals surface area (Å²) in [6.07, 6.45) is 0. The van der Waals surface area contributed by atoms with Gasteiger partial charge in [0.05, 0.1) is 5.39 Å². The van der Waals surface area contributed by atoms with Gasteiger partial charge < -0.3 is 19.1 Å². The Morgan fingerprint density at radius 3 is 1.43 bits per heavy atom. The van der Waals surface area contributed by atoms with Gasteiger partial charge in [-0.2, -0.15) is 0 Å². The van der Waals surface area contributed by atoms with Crippen LogP contribution in [0, 0.1) is 6.92 Å². The summed E-state index contributed by atoms with van der Waals surface area (Å²) in [4.78, 5) is 2.36.